The summed E-state index contributed by atoms with van der Waals surface area (Å²) in [6, 6.07) is 0. The second kappa shape index (κ2) is 6.33. The maximum Gasteiger partial charge on any atom is 0.313 e. The van der Waals surface area contributed by atoms with Crippen molar-refractivity contribution in [2.75, 3.05) is 33.4 Å². The highest BCUT2D eigenvalue weighted by Gasteiger charge is 2.29. The SMILES string of the molecule is COC(=O)C(C)(C)COCC1CNCC(C)O1. The molecule has 1 saturated heterocycles. The number of rotatable bonds is 5. The van der Waals surface area contributed by atoms with Gasteiger partial charge in [0, 0.05) is 13.1 Å². The van der Waals surface area contributed by atoms with Crippen molar-refractivity contribution in [1.82, 2.24) is 5.32 Å². The van der Waals surface area contributed by atoms with E-state index in [0.29, 0.717) is 13.2 Å². The summed E-state index contributed by atoms with van der Waals surface area (Å²) >= 11 is 0. The maximum atomic E-state index is 11.4. The monoisotopic (exact) mass is 245 g/mol. The van der Waals surface area contributed by atoms with Gasteiger partial charge in [-0.15, -0.1) is 0 Å². The molecular formula is C12H23NO4. The minimum atomic E-state index is -0.609. The third-order valence-electron chi connectivity index (χ3n) is 2.73. The lowest BCUT2D eigenvalue weighted by Gasteiger charge is -2.29. The summed E-state index contributed by atoms with van der Waals surface area (Å²) in [5, 5.41) is 3.27. The van der Waals surface area contributed by atoms with E-state index in [1.54, 1.807) is 13.8 Å². The first kappa shape index (κ1) is 14.4. The van der Waals surface area contributed by atoms with Crippen LogP contribution < -0.4 is 5.32 Å². The zero-order chi connectivity index (χ0) is 12.9. The number of nitrogens with one attached hydrogen (secondary N) is 1. The Bertz CT molecular complexity index is 255. The standard InChI is InChI=1S/C12H23NO4/c1-9-5-13-6-10(17-9)7-16-8-12(2,3)11(14)15-4/h9-10,13H,5-8H2,1-4H3. The summed E-state index contributed by atoms with van der Waals surface area (Å²) in [7, 11) is 1.39. The van der Waals surface area contributed by atoms with Crippen molar-refractivity contribution in [2.24, 2.45) is 5.41 Å². The molecule has 1 heterocycles. The van der Waals surface area contributed by atoms with Crippen molar-refractivity contribution in [3.63, 3.8) is 0 Å². The van der Waals surface area contributed by atoms with E-state index in [0.717, 1.165) is 13.1 Å². The Labute approximate surface area is 103 Å². The van der Waals surface area contributed by atoms with E-state index >= 15 is 0 Å². The molecule has 100 valence electrons. The largest absolute Gasteiger partial charge is 0.469 e. The van der Waals surface area contributed by atoms with E-state index < -0.39 is 5.41 Å². The first-order valence-electron chi connectivity index (χ1n) is 5.98. The van der Waals surface area contributed by atoms with Gasteiger partial charge in [0.15, 0.2) is 0 Å². The van der Waals surface area contributed by atoms with Crippen LogP contribution in [0.25, 0.3) is 0 Å². The molecule has 5 nitrogen and oxygen atoms in total. The minimum absolute atomic E-state index is 0.0622. The van der Waals surface area contributed by atoms with Gasteiger partial charge in [0.2, 0.25) is 0 Å². The van der Waals surface area contributed by atoms with Gasteiger partial charge in [-0.1, -0.05) is 0 Å². The lowest BCUT2D eigenvalue weighted by Crippen LogP contribution is -2.45. The van der Waals surface area contributed by atoms with Crippen LogP contribution >= 0.6 is 0 Å². The van der Waals surface area contributed by atoms with Gasteiger partial charge in [-0.25, -0.2) is 0 Å². The van der Waals surface area contributed by atoms with Gasteiger partial charge in [-0.2, -0.15) is 0 Å². The number of ether oxygens (including phenoxy) is 3. The summed E-state index contributed by atoms with van der Waals surface area (Å²) < 4.78 is 15.9. The molecule has 0 radical (unpaired) electrons. The predicted molar refractivity (Wildman–Crippen MR) is 63.8 cm³/mol. The number of morpholine rings is 1. The van der Waals surface area contributed by atoms with Crippen LogP contribution in [0, 0.1) is 5.41 Å². The highest BCUT2D eigenvalue weighted by Crippen LogP contribution is 2.17. The van der Waals surface area contributed by atoms with Gasteiger partial charge in [-0.05, 0) is 20.8 Å². The average Bonchev–Trinajstić information content (AvgIpc) is 2.27. The van der Waals surface area contributed by atoms with E-state index in [-0.39, 0.29) is 18.2 Å². The smallest absolute Gasteiger partial charge is 0.313 e. The fraction of sp³-hybridized carbons (Fsp3) is 0.917. The summed E-state index contributed by atoms with van der Waals surface area (Å²) in [6.45, 7) is 8.15. The fourth-order valence-corrected chi connectivity index (χ4v) is 1.75. The Morgan fingerprint density at radius 3 is 2.76 bits per heavy atom. The third kappa shape index (κ3) is 4.61. The molecule has 0 aliphatic carbocycles. The van der Waals surface area contributed by atoms with Crippen LogP contribution in [0.5, 0.6) is 0 Å². The topological polar surface area (TPSA) is 56.8 Å². The third-order valence-corrected chi connectivity index (χ3v) is 2.73. The molecule has 1 rings (SSSR count). The van der Waals surface area contributed by atoms with E-state index in [4.69, 9.17) is 14.2 Å². The normalized spacial score (nSPS) is 25.6. The van der Waals surface area contributed by atoms with Crippen LogP contribution in [-0.4, -0.2) is 51.6 Å². The molecule has 2 atom stereocenters. The molecule has 0 bridgehead atoms. The molecule has 1 N–H and O–H groups in total. The molecule has 1 aliphatic rings. The molecule has 0 aromatic heterocycles. The van der Waals surface area contributed by atoms with E-state index in [1.165, 1.54) is 7.11 Å². The van der Waals surface area contributed by atoms with Gasteiger partial charge in [-0.3, -0.25) is 4.79 Å². The van der Waals surface area contributed by atoms with Crippen molar-refractivity contribution < 1.29 is 19.0 Å². The van der Waals surface area contributed by atoms with E-state index in [9.17, 15) is 4.79 Å². The van der Waals surface area contributed by atoms with Crippen molar-refractivity contribution in [1.29, 1.82) is 0 Å². The highest BCUT2D eigenvalue weighted by molar-refractivity contribution is 5.75. The molecule has 1 fully saturated rings. The van der Waals surface area contributed by atoms with Crippen LogP contribution in [0.3, 0.4) is 0 Å². The number of carbonyl (C=O) groups is 1. The van der Waals surface area contributed by atoms with Crippen LogP contribution in [0.4, 0.5) is 0 Å². The van der Waals surface area contributed by atoms with E-state index in [1.807, 2.05) is 6.92 Å². The van der Waals surface area contributed by atoms with Crippen molar-refractivity contribution in [2.45, 2.75) is 33.0 Å². The lowest BCUT2D eigenvalue weighted by molar-refractivity contribution is -0.155. The molecule has 0 aromatic rings. The second-order valence-corrected chi connectivity index (χ2v) is 5.12. The number of esters is 1. The molecule has 5 heteroatoms. The number of hydrogen-bond donors (Lipinski definition) is 1. The van der Waals surface area contributed by atoms with Gasteiger partial charge < -0.3 is 19.5 Å². The average molecular weight is 245 g/mol. The highest BCUT2D eigenvalue weighted by atomic mass is 16.5. The second-order valence-electron chi connectivity index (χ2n) is 5.12. The minimum Gasteiger partial charge on any atom is -0.469 e. The van der Waals surface area contributed by atoms with Gasteiger partial charge >= 0.3 is 5.97 Å². The van der Waals surface area contributed by atoms with E-state index in [2.05, 4.69) is 5.32 Å². The Hall–Kier alpha value is -0.650. The van der Waals surface area contributed by atoms with Gasteiger partial charge in [0.1, 0.15) is 0 Å². The molecule has 17 heavy (non-hydrogen) atoms. The first-order chi connectivity index (χ1) is 7.95. The number of carbonyl (C=O) groups excluding carboxylic acids is 1. The Balaban J connectivity index is 2.25. The molecule has 0 amide bonds. The Morgan fingerprint density at radius 2 is 2.18 bits per heavy atom. The number of hydrogen-bond acceptors (Lipinski definition) is 5. The predicted octanol–water partition coefficient (Wildman–Crippen LogP) is 0.579. The zero-order valence-electron chi connectivity index (χ0n) is 11.1. The Morgan fingerprint density at radius 1 is 1.47 bits per heavy atom. The summed E-state index contributed by atoms with van der Waals surface area (Å²) in [4.78, 5) is 11.4. The molecule has 1 aliphatic heterocycles. The molecule has 2 unspecified atom stereocenters. The molecule has 0 aromatic carbocycles. The zero-order valence-corrected chi connectivity index (χ0v) is 11.1. The first-order valence-corrected chi connectivity index (χ1v) is 5.98. The summed E-state index contributed by atoms with van der Waals surface area (Å²) in [5.41, 5.74) is -0.609. The fourth-order valence-electron chi connectivity index (χ4n) is 1.75. The van der Waals surface area contributed by atoms with Crippen molar-refractivity contribution in [3.8, 4) is 0 Å². The molecule has 0 spiro atoms. The van der Waals surface area contributed by atoms with Crippen LogP contribution in [0.15, 0.2) is 0 Å². The van der Waals surface area contributed by atoms with Gasteiger partial charge in [0.25, 0.3) is 0 Å². The van der Waals surface area contributed by atoms with Crippen molar-refractivity contribution >= 4 is 5.97 Å². The quantitative estimate of drug-likeness (QED) is 0.718. The van der Waals surface area contributed by atoms with Gasteiger partial charge in [0.05, 0.1) is 37.9 Å². The molecule has 0 saturated carbocycles. The van der Waals surface area contributed by atoms with Crippen LogP contribution in [0.1, 0.15) is 20.8 Å². The summed E-state index contributed by atoms with van der Waals surface area (Å²) in [6.07, 6.45) is 0.276. The summed E-state index contributed by atoms with van der Waals surface area (Å²) in [5.74, 6) is -0.256. The van der Waals surface area contributed by atoms with Crippen molar-refractivity contribution in [3.05, 3.63) is 0 Å². The molecular weight excluding hydrogens is 222 g/mol. The lowest BCUT2D eigenvalue weighted by atomic mass is 9.95. The van der Waals surface area contributed by atoms with Crippen LogP contribution in [0.2, 0.25) is 0 Å². The Kier molecular flexibility index (Phi) is 5.36. The van der Waals surface area contributed by atoms with Crippen LogP contribution in [-0.2, 0) is 19.0 Å². The number of methoxy groups -OCH3 is 1. The maximum absolute atomic E-state index is 11.4.